The number of methoxy groups -OCH3 is 1. The van der Waals surface area contributed by atoms with E-state index in [4.69, 9.17) is 9.47 Å². The number of rotatable bonds is 4. The van der Waals surface area contributed by atoms with Crippen LogP contribution in [0.3, 0.4) is 0 Å². The van der Waals surface area contributed by atoms with E-state index in [2.05, 4.69) is 27.3 Å². The lowest BCUT2D eigenvalue weighted by Gasteiger charge is -2.39. The molecule has 0 saturated carbocycles. The molecule has 1 unspecified atom stereocenters. The van der Waals surface area contributed by atoms with Crippen molar-refractivity contribution in [2.45, 2.75) is 38.8 Å². The van der Waals surface area contributed by atoms with Crippen molar-refractivity contribution < 1.29 is 14.3 Å². The van der Waals surface area contributed by atoms with Crippen molar-refractivity contribution in [2.75, 3.05) is 39.8 Å². The first kappa shape index (κ1) is 22.6. The largest absolute Gasteiger partial charge is 0.497 e. The summed E-state index contributed by atoms with van der Waals surface area (Å²) in [6, 6.07) is 8.34. The monoisotopic (exact) mass is 502 g/mol. The van der Waals surface area contributed by atoms with Crippen LogP contribution < -0.4 is 10.1 Å². The first-order valence-corrected chi connectivity index (χ1v) is 9.51. The Morgan fingerprint density at radius 3 is 2.82 bits per heavy atom. The van der Waals surface area contributed by atoms with E-state index in [1.165, 1.54) is 5.56 Å². The Labute approximate surface area is 184 Å². The van der Waals surface area contributed by atoms with Crippen LogP contribution in [0, 0.1) is 0 Å². The molecule has 0 aliphatic carbocycles. The minimum Gasteiger partial charge on any atom is -0.497 e. The Morgan fingerprint density at radius 2 is 2.11 bits per heavy atom. The van der Waals surface area contributed by atoms with Gasteiger partial charge >= 0.3 is 6.09 Å². The molecule has 1 aromatic carbocycles. The summed E-state index contributed by atoms with van der Waals surface area (Å²) in [6.07, 6.45) is 0.667. The summed E-state index contributed by atoms with van der Waals surface area (Å²) in [6.45, 7) is 9.28. The number of carbonyl (C=O) groups is 1. The maximum Gasteiger partial charge on any atom is 0.410 e. The number of hydrogen-bond donors (Lipinski definition) is 1. The Kier molecular flexibility index (Phi) is 7.79. The first-order valence-electron chi connectivity index (χ1n) is 9.51. The van der Waals surface area contributed by atoms with E-state index in [-0.39, 0.29) is 36.1 Å². The van der Waals surface area contributed by atoms with Crippen LogP contribution in [0.5, 0.6) is 5.75 Å². The van der Waals surface area contributed by atoms with Crippen molar-refractivity contribution in [3.05, 3.63) is 29.8 Å². The molecule has 28 heavy (non-hydrogen) atoms. The molecule has 156 valence electrons. The third-order valence-corrected chi connectivity index (χ3v) is 4.69. The number of amides is 1. The minimum absolute atomic E-state index is 0. The van der Waals surface area contributed by atoms with Gasteiger partial charge in [0, 0.05) is 26.2 Å². The fraction of sp³-hybridized carbons (Fsp3) is 0.600. The van der Waals surface area contributed by atoms with Crippen molar-refractivity contribution in [1.29, 1.82) is 0 Å². The summed E-state index contributed by atoms with van der Waals surface area (Å²) in [7, 11) is 1.68. The normalized spacial score (nSPS) is 18.7. The van der Waals surface area contributed by atoms with Crippen molar-refractivity contribution in [2.24, 2.45) is 4.99 Å². The zero-order chi connectivity index (χ0) is 19.4. The Balaban J connectivity index is 0.00000280. The van der Waals surface area contributed by atoms with Gasteiger partial charge in [-0.1, -0.05) is 12.1 Å². The molecular weight excluding hydrogens is 471 g/mol. The molecule has 2 aliphatic rings. The maximum absolute atomic E-state index is 12.3. The van der Waals surface area contributed by atoms with Crippen LogP contribution in [0.2, 0.25) is 0 Å². The molecule has 0 aromatic heterocycles. The zero-order valence-electron chi connectivity index (χ0n) is 17.1. The maximum atomic E-state index is 12.3. The molecular formula is C20H31IN4O3. The average Bonchev–Trinajstić information content (AvgIpc) is 3.03. The van der Waals surface area contributed by atoms with Crippen molar-refractivity contribution >= 4 is 36.0 Å². The smallest absolute Gasteiger partial charge is 0.410 e. The third kappa shape index (κ3) is 5.89. The van der Waals surface area contributed by atoms with Crippen LogP contribution in [-0.4, -0.2) is 73.3 Å². The van der Waals surface area contributed by atoms with E-state index in [1.54, 1.807) is 12.0 Å². The van der Waals surface area contributed by atoms with Gasteiger partial charge in [0.15, 0.2) is 5.96 Å². The molecule has 1 N–H and O–H groups in total. The summed E-state index contributed by atoms with van der Waals surface area (Å²) in [5, 5.41) is 3.45. The van der Waals surface area contributed by atoms with E-state index in [0.717, 1.165) is 31.2 Å². The average molecular weight is 502 g/mol. The fourth-order valence-corrected chi connectivity index (χ4v) is 3.37. The van der Waals surface area contributed by atoms with Crippen molar-refractivity contribution in [3.63, 3.8) is 0 Å². The van der Waals surface area contributed by atoms with Crippen LogP contribution >= 0.6 is 24.0 Å². The number of carbonyl (C=O) groups excluding carboxylic acids is 1. The molecule has 3 rings (SSSR count). The summed E-state index contributed by atoms with van der Waals surface area (Å²) in [5.41, 5.74) is 0.763. The van der Waals surface area contributed by atoms with Crippen LogP contribution in [0.25, 0.3) is 0 Å². The lowest BCUT2D eigenvalue weighted by molar-refractivity contribution is 0.0137. The van der Waals surface area contributed by atoms with Gasteiger partial charge in [-0.15, -0.1) is 24.0 Å². The SMILES string of the molecule is COc1cccc(CCNC2=NCC3CN(C(=O)OC(C)(C)C)CCN23)c1.I. The number of nitrogens with zero attached hydrogens (tertiary/aromatic N) is 3. The molecule has 1 amide bonds. The highest BCUT2D eigenvalue weighted by atomic mass is 127. The molecule has 7 nitrogen and oxygen atoms in total. The quantitative estimate of drug-likeness (QED) is 0.642. The van der Waals surface area contributed by atoms with E-state index in [1.807, 2.05) is 32.9 Å². The fourth-order valence-electron chi connectivity index (χ4n) is 3.37. The number of halogens is 1. The van der Waals surface area contributed by atoms with Gasteiger partial charge in [0.2, 0.25) is 0 Å². The summed E-state index contributed by atoms with van der Waals surface area (Å²) in [4.78, 5) is 21.0. The number of guanidine groups is 1. The number of aliphatic imine (C=N–C) groups is 1. The number of nitrogens with one attached hydrogen (secondary N) is 1. The predicted octanol–water partition coefficient (Wildman–Crippen LogP) is 2.74. The number of benzene rings is 1. The highest BCUT2D eigenvalue weighted by molar-refractivity contribution is 14.0. The molecule has 8 heteroatoms. The van der Waals surface area contributed by atoms with Crippen LogP contribution in [-0.2, 0) is 11.2 Å². The lowest BCUT2D eigenvalue weighted by atomic mass is 10.1. The second-order valence-corrected chi connectivity index (χ2v) is 7.97. The second-order valence-electron chi connectivity index (χ2n) is 7.97. The lowest BCUT2D eigenvalue weighted by Crippen LogP contribution is -2.57. The summed E-state index contributed by atoms with van der Waals surface area (Å²) < 4.78 is 10.8. The number of fused-ring (bicyclic) bond motifs is 1. The van der Waals surface area contributed by atoms with Crippen LogP contribution in [0.4, 0.5) is 4.79 Å². The van der Waals surface area contributed by atoms with Gasteiger partial charge in [0.1, 0.15) is 11.4 Å². The summed E-state index contributed by atoms with van der Waals surface area (Å²) >= 11 is 0. The van der Waals surface area contributed by atoms with Gasteiger partial charge < -0.3 is 24.6 Å². The molecule has 0 bridgehead atoms. The van der Waals surface area contributed by atoms with Gasteiger partial charge in [-0.05, 0) is 44.9 Å². The number of ether oxygens (including phenoxy) is 2. The molecule has 1 aromatic rings. The van der Waals surface area contributed by atoms with Crippen LogP contribution in [0.1, 0.15) is 26.3 Å². The highest BCUT2D eigenvalue weighted by Crippen LogP contribution is 2.19. The van der Waals surface area contributed by atoms with E-state index >= 15 is 0 Å². The second kappa shape index (κ2) is 9.67. The minimum atomic E-state index is -0.465. The van der Waals surface area contributed by atoms with E-state index in [9.17, 15) is 4.79 Å². The van der Waals surface area contributed by atoms with Gasteiger partial charge in [0.05, 0.1) is 19.7 Å². The van der Waals surface area contributed by atoms with Crippen molar-refractivity contribution in [3.8, 4) is 5.75 Å². The number of hydrogen-bond acceptors (Lipinski definition) is 6. The van der Waals surface area contributed by atoms with Gasteiger partial charge in [-0.2, -0.15) is 0 Å². The van der Waals surface area contributed by atoms with Crippen molar-refractivity contribution in [1.82, 2.24) is 15.1 Å². The van der Waals surface area contributed by atoms with Gasteiger partial charge in [-0.25, -0.2) is 4.79 Å². The zero-order valence-corrected chi connectivity index (χ0v) is 19.4. The third-order valence-electron chi connectivity index (χ3n) is 4.69. The molecule has 0 radical (unpaired) electrons. The Hall–Kier alpha value is -1.71. The van der Waals surface area contributed by atoms with E-state index < -0.39 is 5.60 Å². The first-order chi connectivity index (χ1) is 12.9. The molecule has 2 heterocycles. The van der Waals surface area contributed by atoms with E-state index in [0.29, 0.717) is 19.6 Å². The summed E-state index contributed by atoms with van der Waals surface area (Å²) in [5.74, 6) is 1.82. The van der Waals surface area contributed by atoms with Crippen LogP contribution in [0.15, 0.2) is 29.3 Å². The number of piperazine rings is 1. The molecule has 0 spiro atoms. The molecule has 1 saturated heterocycles. The molecule has 1 atom stereocenters. The predicted molar refractivity (Wildman–Crippen MR) is 121 cm³/mol. The molecule has 1 fully saturated rings. The topological polar surface area (TPSA) is 66.4 Å². The molecule has 2 aliphatic heterocycles. The standard InChI is InChI=1S/C20H30N4O3.HI/c1-20(2,3)27-19(25)23-10-11-24-16(14-23)13-22-18(24)21-9-8-15-6-5-7-17(12-15)26-4;/h5-7,12,16H,8-11,13-14H2,1-4H3,(H,21,22);1H. The Bertz CT molecular complexity index is 705. The van der Waals surface area contributed by atoms with Gasteiger partial charge in [-0.3, -0.25) is 4.99 Å². The highest BCUT2D eigenvalue weighted by Gasteiger charge is 2.36. The Morgan fingerprint density at radius 1 is 1.32 bits per heavy atom. The van der Waals surface area contributed by atoms with Gasteiger partial charge in [0.25, 0.3) is 0 Å².